The summed E-state index contributed by atoms with van der Waals surface area (Å²) in [5.74, 6) is -0.595. The highest BCUT2D eigenvalue weighted by Gasteiger charge is 2.16. The Bertz CT molecular complexity index is 1270. The van der Waals surface area contributed by atoms with Gasteiger partial charge >= 0.3 is 5.97 Å². The zero-order valence-corrected chi connectivity index (χ0v) is 15.7. The maximum absolute atomic E-state index is 12.4. The van der Waals surface area contributed by atoms with Crippen LogP contribution < -0.4 is 5.32 Å². The van der Waals surface area contributed by atoms with E-state index in [1.54, 1.807) is 36.4 Å². The summed E-state index contributed by atoms with van der Waals surface area (Å²) in [6, 6.07) is 22.7. The molecular weight excluding hydrogens is 382 g/mol. The quantitative estimate of drug-likeness (QED) is 0.507. The van der Waals surface area contributed by atoms with E-state index in [0.717, 1.165) is 5.56 Å². The van der Waals surface area contributed by atoms with Crippen LogP contribution in [-0.4, -0.2) is 23.6 Å². The second-order valence-electron chi connectivity index (χ2n) is 6.43. The third-order valence-electron chi connectivity index (χ3n) is 4.36. The van der Waals surface area contributed by atoms with Crippen molar-refractivity contribution in [1.82, 2.24) is 5.16 Å². The molecule has 4 rings (SSSR count). The van der Waals surface area contributed by atoms with Gasteiger partial charge in [-0.25, -0.2) is 4.79 Å². The molecule has 1 amide bonds. The van der Waals surface area contributed by atoms with Gasteiger partial charge in [-0.2, -0.15) is 5.26 Å². The third-order valence-corrected chi connectivity index (χ3v) is 4.36. The van der Waals surface area contributed by atoms with Gasteiger partial charge < -0.3 is 14.6 Å². The van der Waals surface area contributed by atoms with E-state index in [2.05, 4.69) is 10.5 Å². The highest BCUT2D eigenvalue weighted by molar-refractivity contribution is 6.00. The Kier molecular flexibility index (Phi) is 5.22. The number of aromatic nitrogens is 1. The van der Waals surface area contributed by atoms with Crippen LogP contribution in [0.3, 0.4) is 0 Å². The summed E-state index contributed by atoms with van der Waals surface area (Å²) in [6.45, 7) is -0.456. The molecule has 0 atom stereocenters. The number of carbonyl (C=O) groups is 2. The minimum atomic E-state index is -0.641. The molecule has 1 N–H and O–H groups in total. The predicted octanol–water partition coefficient (Wildman–Crippen LogP) is 4.16. The fraction of sp³-hybridized carbons (Fsp3) is 0.0435. The lowest BCUT2D eigenvalue weighted by Crippen LogP contribution is -2.20. The molecule has 0 aliphatic carbocycles. The van der Waals surface area contributed by atoms with Crippen LogP contribution in [0.1, 0.15) is 15.9 Å². The molecule has 4 aromatic rings. The van der Waals surface area contributed by atoms with Crippen LogP contribution >= 0.6 is 0 Å². The molecule has 0 spiro atoms. The Morgan fingerprint density at radius 3 is 2.67 bits per heavy atom. The summed E-state index contributed by atoms with van der Waals surface area (Å²) in [5.41, 5.74) is 2.60. The minimum absolute atomic E-state index is 0.280. The number of esters is 1. The normalized spacial score (nSPS) is 10.4. The van der Waals surface area contributed by atoms with Gasteiger partial charge in [-0.05, 0) is 36.4 Å². The Morgan fingerprint density at radius 2 is 1.87 bits per heavy atom. The Balaban J connectivity index is 1.45. The Labute approximate surface area is 171 Å². The molecule has 0 unspecified atom stereocenters. The number of hydrogen-bond acceptors (Lipinski definition) is 6. The van der Waals surface area contributed by atoms with Gasteiger partial charge in [0.2, 0.25) is 0 Å². The summed E-state index contributed by atoms with van der Waals surface area (Å²) < 4.78 is 10.6. The summed E-state index contributed by atoms with van der Waals surface area (Å²) in [6.07, 6.45) is 0. The molecule has 0 saturated carbocycles. The third kappa shape index (κ3) is 4.03. The minimum Gasteiger partial charge on any atom is -0.452 e. The average Bonchev–Trinajstić information content (AvgIpc) is 3.21. The number of rotatable bonds is 5. The molecule has 146 valence electrons. The van der Waals surface area contributed by atoms with Gasteiger partial charge in [0.15, 0.2) is 12.4 Å². The lowest BCUT2D eigenvalue weighted by Gasteiger charge is -2.07. The van der Waals surface area contributed by atoms with Crippen molar-refractivity contribution in [2.45, 2.75) is 0 Å². The molecule has 0 aliphatic heterocycles. The number of benzene rings is 3. The van der Waals surface area contributed by atoms with E-state index in [1.165, 1.54) is 6.07 Å². The number of ether oxygens (including phenoxy) is 1. The van der Waals surface area contributed by atoms with Crippen molar-refractivity contribution in [3.63, 3.8) is 0 Å². The molecule has 0 fully saturated rings. The monoisotopic (exact) mass is 397 g/mol. The zero-order valence-electron chi connectivity index (χ0n) is 15.7. The highest BCUT2D eigenvalue weighted by Crippen LogP contribution is 2.29. The van der Waals surface area contributed by atoms with Crippen molar-refractivity contribution >= 4 is 28.5 Å². The van der Waals surface area contributed by atoms with E-state index in [4.69, 9.17) is 14.5 Å². The van der Waals surface area contributed by atoms with Crippen LogP contribution in [0.25, 0.3) is 22.2 Å². The van der Waals surface area contributed by atoms with Gasteiger partial charge in [0.05, 0.1) is 22.6 Å². The summed E-state index contributed by atoms with van der Waals surface area (Å²) in [7, 11) is 0. The van der Waals surface area contributed by atoms with Crippen molar-refractivity contribution in [3.8, 4) is 17.4 Å². The molecule has 0 bridgehead atoms. The molecule has 30 heavy (non-hydrogen) atoms. The number of carbonyl (C=O) groups excluding carboxylic acids is 2. The molecule has 1 aromatic heterocycles. The number of amides is 1. The van der Waals surface area contributed by atoms with E-state index in [9.17, 15) is 9.59 Å². The van der Waals surface area contributed by atoms with Crippen molar-refractivity contribution in [2.24, 2.45) is 0 Å². The van der Waals surface area contributed by atoms with Crippen LogP contribution in [0.15, 0.2) is 77.3 Å². The summed E-state index contributed by atoms with van der Waals surface area (Å²) in [5, 5.41) is 16.2. The maximum Gasteiger partial charge on any atom is 0.338 e. The van der Waals surface area contributed by atoms with Crippen molar-refractivity contribution in [1.29, 1.82) is 5.26 Å². The fourth-order valence-electron chi connectivity index (χ4n) is 2.94. The molecule has 3 aromatic carbocycles. The number of nitrogens with zero attached hydrogens (tertiary/aromatic N) is 2. The van der Waals surface area contributed by atoms with Crippen LogP contribution in [0, 0.1) is 11.3 Å². The lowest BCUT2D eigenvalue weighted by atomic mass is 10.1. The molecule has 1 heterocycles. The standard InChI is InChI=1S/C23H15N3O4/c24-13-15-5-4-8-18(11-15)25-21(27)14-29-23(28)17-9-10-20-19(12-17)22(30-26-20)16-6-2-1-3-7-16/h1-12H,14H2,(H,25,27). The van der Waals surface area contributed by atoms with Crippen molar-refractivity contribution in [3.05, 3.63) is 83.9 Å². The molecule has 0 saturated heterocycles. The van der Waals surface area contributed by atoms with E-state index in [0.29, 0.717) is 27.9 Å². The molecule has 7 heteroatoms. The van der Waals surface area contributed by atoms with Gasteiger partial charge in [-0.15, -0.1) is 0 Å². The first-order chi connectivity index (χ1) is 14.6. The van der Waals surface area contributed by atoms with Crippen LogP contribution in [0.4, 0.5) is 5.69 Å². The SMILES string of the molecule is N#Cc1cccc(NC(=O)COC(=O)c2ccc3noc(-c4ccccc4)c3c2)c1. The van der Waals surface area contributed by atoms with Crippen molar-refractivity contribution < 1.29 is 18.8 Å². The topological polar surface area (TPSA) is 105 Å². The first-order valence-corrected chi connectivity index (χ1v) is 9.06. The van der Waals surface area contributed by atoms with E-state index in [1.807, 2.05) is 36.4 Å². The molecule has 0 radical (unpaired) electrons. The predicted molar refractivity (Wildman–Crippen MR) is 110 cm³/mol. The van der Waals surface area contributed by atoms with Crippen LogP contribution in [0.5, 0.6) is 0 Å². The Hall–Kier alpha value is -4.44. The average molecular weight is 397 g/mol. The summed E-state index contributed by atoms with van der Waals surface area (Å²) in [4.78, 5) is 24.5. The second kappa shape index (κ2) is 8.29. The fourth-order valence-corrected chi connectivity index (χ4v) is 2.94. The van der Waals surface area contributed by atoms with Gasteiger partial charge in [0.1, 0.15) is 5.52 Å². The van der Waals surface area contributed by atoms with E-state index >= 15 is 0 Å². The largest absolute Gasteiger partial charge is 0.452 e. The van der Waals surface area contributed by atoms with E-state index in [-0.39, 0.29) is 5.56 Å². The second-order valence-corrected chi connectivity index (χ2v) is 6.43. The maximum atomic E-state index is 12.4. The van der Waals surface area contributed by atoms with Gasteiger partial charge in [0.25, 0.3) is 5.91 Å². The molecule has 0 aliphatic rings. The summed E-state index contributed by atoms with van der Waals surface area (Å²) >= 11 is 0. The number of anilines is 1. The smallest absolute Gasteiger partial charge is 0.338 e. The first-order valence-electron chi connectivity index (χ1n) is 9.06. The van der Waals surface area contributed by atoms with Gasteiger partial charge in [0, 0.05) is 11.3 Å². The van der Waals surface area contributed by atoms with E-state index < -0.39 is 18.5 Å². The first kappa shape index (κ1) is 18.9. The molecule has 7 nitrogen and oxygen atoms in total. The van der Waals surface area contributed by atoms with Crippen molar-refractivity contribution in [2.75, 3.05) is 11.9 Å². The number of nitriles is 1. The van der Waals surface area contributed by atoms with Crippen LogP contribution in [0.2, 0.25) is 0 Å². The lowest BCUT2D eigenvalue weighted by molar-refractivity contribution is -0.119. The Morgan fingerprint density at radius 1 is 1.03 bits per heavy atom. The van der Waals surface area contributed by atoms with Gasteiger partial charge in [-0.1, -0.05) is 41.6 Å². The van der Waals surface area contributed by atoms with Gasteiger partial charge in [-0.3, -0.25) is 4.79 Å². The molecular formula is C23H15N3O4. The number of fused-ring (bicyclic) bond motifs is 1. The van der Waals surface area contributed by atoms with Crippen LogP contribution in [-0.2, 0) is 9.53 Å². The number of nitrogens with one attached hydrogen (secondary N) is 1. The number of hydrogen-bond donors (Lipinski definition) is 1. The zero-order chi connectivity index (χ0) is 20.9. The highest BCUT2D eigenvalue weighted by atomic mass is 16.5.